The van der Waals surface area contributed by atoms with Gasteiger partial charge in [-0.25, -0.2) is 4.98 Å². The monoisotopic (exact) mass is 596 g/mol. The molecule has 3 rings (SSSR count). The number of ketones is 1. The molecular weight excluding hydrogens is 576 g/mol. The second kappa shape index (κ2) is 10.4. The Balaban J connectivity index is 2.15. The van der Waals surface area contributed by atoms with E-state index in [1.165, 1.54) is 6.92 Å². The van der Waals surface area contributed by atoms with Crippen LogP contribution >= 0.6 is 0 Å². The number of hydrogen-bond donors (Lipinski definition) is 1. The number of nitrogens with zero attached hydrogens (tertiary/aromatic N) is 2. The zero-order valence-corrected chi connectivity index (χ0v) is 20.3. The number of pyridine rings is 1. The van der Waals surface area contributed by atoms with Crippen molar-refractivity contribution in [3.63, 3.8) is 0 Å². The highest BCUT2D eigenvalue weighted by Gasteiger charge is 2.62. The molecule has 1 aromatic carbocycles. The topological polar surface area (TPSA) is 53.4 Å². The van der Waals surface area contributed by atoms with Crippen LogP contribution in [0.15, 0.2) is 30.3 Å². The smallest absolute Gasteiger partial charge is 0.374 e. The van der Waals surface area contributed by atoms with Crippen molar-refractivity contribution in [3.05, 3.63) is 58.3 Å². The maximum atomic E-state index is 14.4. The van der Waals surface area contributed by atoms with E-state index in [-0.39, 0.29) is 36.8 Å². The van der Waals surface area contributed by atoms with E-state index in [0.29, 0.717) is 4.90 Å². The van der Waals surface area contributed by atoms with Gasteiger partial charge in [0, 0.05) is 25.8 Å². The normalized spacial score (nSPS) is 20.8. The molecule has 40 heavy (non-hydrogen) atoms. The maximum Gasteiger partial charge on any atom is 0.433 e. The van der Waals surface area contributed by atoms with Crippen molar-refractivity contribution < 1.29 is 62.6 Å². The van der Waals surface area contributed by atoms with Gasteiger partial charge in [-0.2, -0.15) is 52.7 Å². The Bertz CT molecular complexity index is 1220. The average Bonchev–Trinajstić information content (AvgIpc) is 3.19. The van der Waals surface area contributed by atoms with Gasteiger partial charge in [-0.05, 0) is 41.8 Å². The number of rotatable bonds is 6. The molecule has 1 aromatic heterocycles. The Hall–Kier alpha value is -3.04. The van der Waals surface area contributed by atoms with Gasteiger partial charge in [0.05, 0.1) is 11.1 Å². The number of Topliss-reactive ketones (excluding diaryl/α,β-unsaturated/α-hetero) is 1. The molecule has 1 N–H and O–H groups in total. The van der Waals surface area contributed by atoms with Gasteiger partial charge >= 0.3 is 24.7 Å². The quantitative estimate of drug-likeness (QED) is 0.363. The second-order valence-electron chi connectivity index (χ2n) is 9.25. The van der Waals surface area contributed by atoms with E-state index in [9.17, 15) is 62.6 Å². The van der Waals surface area contributed by atoms with Crippen molar-refractivity contribution in [2.24, 2.45) is 0 Å². The van der Waals surface area contributed by atoms with Gasteiger partial charge in [-0.3, -0.25) is 4.79 Å². The third-order valence-electron chi connectivity index (χ3n) is 6.61. The summed E-state index contributed by atoms with van der Waals surface area (Å²) < 4.78 is 165. The van der Waals surface area contributed by atoms with Gasteiger partial charge in [0.2, 0.25) is 0 Å². The lowest BCUT2D eigenvalue weighted by atomic mass is 9.77. The SMILES string of the molecule is CCC(=O)CCc1ccc(N2CC(c3cc(C(F)(F)F)cc(C(F)(F)F)c3)(C(F)(F)F)CC2O)nc1C(F)(F)F. The van der Waals surface area contributed by atoms with Crippen molar-refractivity contribution in [2.75, 3.05) is 11.4 Å². The Morgan fingerprint density at radius 1 is 0.925 bits per heavy atom. The van der Waals surface area contributed by atoms with Gasteiger partial charge in [0.1, 0.15) is 28.9 Å². The van der Waals surface area contributed by atoms with Crippen LogP contribution in [0.5, 0.6) is 0 Å². The second-order valence-corrected chi connectivity index (χ2v) is 9.25. The summed E-state index contributed by atoms with van der Waals surface area (Å²) in [5.74, 6) is -1.22. The highest BCUT2D eigenvalue weighted by Crippen LogP contribution is 2.52. The molecule has 0 saturated carbocycles. The van der Waals surface area contributed by atoms with Crippen LogP contribution in [0.25, 0.3) is 0 Å². The molecule has 0 bridgehead atoms. The Kier molecular flexibility index (Phi) is 8.20. The summed E-state index contributed by atoms with van der Waals surface area (Å²) in [5.41, 5.74) is -11.1. The van der Waals surface area contributed by atoms with E-state index >= 15 is 0 Å². The highest BCUT2D eigenvalue weighted by molar-refractivity contribution is 5.78. The van der Waals surface area contributed by atoms with Crippen LogP contribution in [0.2, 0.25) is 0 Å². The number of alkyl halides is 12. The van der Waals surface area contributed by atoms with Crippen LogP contribution in [-0.4, -0.2) is 34.8 Å². The minimum Gasteiger partial charge on any atom is -0.374 e. The lowest BCUT2D eigenvalue weighted by molar-refractivity contribution is -0.187. The molecule has 222 valence electrons. The lowest BCUT2D eigenvalue weighted by Crippen LogP contribution is -2.45. The number of aliphatic hydroxyl groups is 1. The van der Waals surface area contributed by atoms with Gasteiger partial charge < -0.3 is 10.0 Å². The number of aryl methyl sites for hydroxylation is 1. The van der Waals surface area contributed by atoms with Gasteiger partial charge in [0.15, 0.2) is 0 Å². The fraction of sp³-hybridized carbons (Fsp3) is 0.500. The van der Waals surface area contributed by atoms with Gasteiger partial charge in [-0.15, -0.1) is 0 Å². The number of benzene rings is 1. The van der Waals surface area contributed by atoms with Crippen molar-refractivity contribution in [3.8, 4) is 0 Å². The number of anilines is 1. The molecule has 0 aliphatic carbocycles. The van der Waals surface area contributed by atoms with E-state index < -0.39 is 89.5 Å². The summed E-state index contributed by atoms with van der Waals surface area (Å²) in [6.45, 7) is -0.0493. The van der Waals surface area contributed by atoms with Gasteiger partial charge in [0.25, 0.3) is 0 Å². The van der Waals surface area contributed by atoms with Crippen molar-refractivity contribution in [1.29, 1.82) is 0 Å². The van der Waals surface area contributed by atoms with Crippen molar-refractivity contribution in [2.45, 2.75) is 69.0 Å². The number of aromatic nitrogens is 1. The third kappa shape index (κ3) is 6.31. The van der Waals surface area contributed by atoms with Crippen LogP contribution in [0.4, 0.5) is 58.5 Å². The molecule has 0 radical (unpaired) electrons. The molecule has 2 unspecified atom stereocenters. The molecule has 1 saturated heterocycles. The number of aliphatic hydroxyl groups excluding tert-OH is 1. The van der Waals surface area contributed by atoms with Crippen LogP contribution in [-0.2, 0) is 35.2 Å². The van der Waals surface area contributed by atoms with Crippen LogP contribution in [0, 0.1) is 0 Å². The Morgan fingerprint density at radius 2 is 1.48 bits per heavy atom. The Morgan fingerprint density at radius 3 is 1.93 bits per heavy atom. The van der Waals surface area contributed by atoms with Gasteiger partial charge in [-0.1, -0.05) is 13.0 Å². The first-order valence-electron chi connectivity index (χ1n) is 11.5. The molecule has 16 heteroatoms. The highest BCUT2D eigenvalue weighted by atomic mass is 19.4. The van der Waals surface area contributed by atoms with Crippen molar-refractivity contribution >= 4 is 11.6 Å². The molecule has 0 spiro atoms. The fourth-order valence-electron chi connectivity index (χ4n) is 4.46. The van der Waals surface area contributed by atoms with Crippen LogP contribution < -0.4 is 4.90 Å². The molecule has 2 aromatic rings. The van der Waals surface area contributed by atoms with Crippen molar-refractivity contribution in [1.82, 2.24) is 4.98 Å². The molecular formula is C24H20F12N2O2. The zero-order chi connectivity index (χ0) is 30.5. The number of carbonyl (C=O) groups is 1. The number of carbonyl (C=O) groups excluding carboxylic acids is 1. The molecule has 2 heterocycles. The molecule has 1 aliphatic rings. The van der Waals surface area contributed by atoms with E-state index in [0.717, 1.165) is 12.1 Å². The summed E-state index contributed by atoms with van der Waals surface area (Å²) in [4.78, 5) is 15.2. The lowest BCUT2D eigenvalue weighted by Gasteiger charge is -2.33. The summed E-state index contributed by atoms with van der Waals surface area (Å²) >= 11 is 0. The largest absolute Gasteiger partial charge is 0.433 e. The first-order valence-corrected chi connectivity index (χ1v) is 11.5. The first-order chi connectivity index (χ1) is 18.1. The molecule has 2 atom stereocenters. The average molecular weight is 596 g/mol. The minimum atomic E-state index is -5.55. The summed E-state index contributed by atoms with van der Waals surface area (Å²) in [5, 5.41) is 10.4. The number of halogens is 12. The third-order valence-corrected chi connectivity index (χ3v) is 6.61. The standard InChI is InChI=1S/C24H20F12N2O2/c1-2-16(39)5-3-12-4-6-17(37-19(12)23(31,32)33)38-11-20(10-18(38)40,24(34,35)36)13-7-14(21(25,26)27)9-15(8-13)22(28,29)30/h4,6-9,18,40H,2-3,5,10-11H2,1H3. The summed E-state index contributed by atoms with van der Waals surface area (Å²) in [7, 11) is 0. The Labute approximate surface area is 218 Å². The first kappa shape index (κ1) is 31.5. The molecule has 1 fully saturated rings. The van der Waals surface area contributed by atoms with E-state index in [1.54, 1.807) is 0 Å². The maximum absolute atomic E-state index is 14.4. The zero-order valence-electron chi connectivity index (χ0n) is 20.3. The van der Waals surface area contributed by atoms with Crippen LogP contribution in [0.3, 0.4) is 0 Å². The van der Waals surface area contributed by atoms with Crippen LogP contribution in [0.1, 0.15) is 54.1 Å². The predicted molar refractivity (Wildman–Crippen MR) is 115 cm³/mol. The molecule has 0 amide bonds. The minimum absolute atomic E-state index is 0.0396. The predicted octanol–water partition coefficient (Wildman–Crippen LogP) is 7.08. The van der Waals surface area contributed by atoms with E-state index in [1.807, 2.05) is 0 Å². The van der Waals surface area contributed by atoms with E-state index in [2.05, 4.69) is 4.98 Å². The summed E-state index contributed by atoms with van der Waals surface area (Å²) in [6, 6.07) is 1.04. The summed E-state index contributed by atoms with van der Waals surface area (Å²) in [6.07, 6.45) is -26.1. The molecule has 4 nitrogen and oxygen atoms in total. The molecule has 1 aliphatic heterocycles. The van der Waals surface area contributed by atoms with E-state index in [4.69, 9.17) is 0 Å². The fourth-order valence-corrected chi connectivity index (χ4v) is 4.46. The number of hydrogen-bond acceptors (Lipinski definition) is 4.